The molecule has 8 nitrogen and oxygen atoms in total. The van der Waals surface area contributed by atoms with Gasteiger partial charge in [-0.05, 0) is 36.8 Å². The van der Waals surface area contributed by atoms with Crippen LogP contribution < -0.4 is 27.7 Å². The van der Waals surface area contributed by atoms with Gasteiger partial charge in [-0.2, -0.15) is 0 Å². The normalized spacial score (nSPS) is 10.5. The first-order chi connectivity index (χ1) is 13.4. The van der Waals surface area contributed by atoms with Crippen molar-refractivity contribution in [1.82, 2.24) is 9.55 Å². The van der Waals surface area contributed by atoms with Crippen LogP contribution in [0.3, 0.4) is 0 Å². The number of nitrogens with zero attached hydrogens (tertiary/aromatic N) is 2. The lowest BCUT2D eigenvalue weighted by atomic mass is 10.0. The smallest absolute Gasteiger partial charge is 0.293 e. The van der Waals surface area contributed by atoms with Crippen molar-refractivity contribution in [3.05, 3.63) is 64.6 Å². The van der Waals surface area contributed by atoms with Gasteiger partial charge in [-0.3, -0.25) is 9.59 Å². The van der Waals surface area contributed by atoms with Gasteiger partial charge < -0.3 is 26.7 Å². The highest BCUT2D eigenvalue weighted by Crippen LogP contribution is 2.26. The molecule has 1 amide bonds. The van der Waals surface area contributed by atoms with E-state index in [2.05, 4.69) is 15.6 Å². The standard InChI is InChI=1S/C20H22N6O2/c1-12-15(7-4-8-16(12)22)17-11-26(2)20(28)19(25-17)24-14-6-3-5-13(9-14)23-18(27)10-21/h3-9,11H,10,21-22H2,1-2H3,(H,23,27)(H,24,25). The minimum atomic E-state index is -0.301. The number of hydrogen-bond donors (Lipinski definition) is 4. The molecule has 0 saturated carbocycles. The van der Waals surface area contributed by atoms with Gasteiger partial charge in [-0.25, -0.2) is 4.98 Å². The second kappa shape index (κ2) is 7.93. The van der Waals surface area contributed by atoms with Gasteiger partial charge in [0.05, 0.1) is 12.2 Å². The summed E-state index contributed by atoms with van der Waals surface area (Å²) in [5.41, 5.74) is 15.3. The zero-order chi connectivity index (χ0) is 20.3. The summed E-state index contributed by atoms with van der Waals surface area (Å²) in [5, 5.41) is 5.70. The third-order valence-corrected chi connectivity index (χ3v) is 4.32. The van der Waals surface area contributed by atoms with E-state index in [0.717, 1.165) is 11.1 Å². The molecule has 0 aliphatic heterocycles. The first kappa shape index (κ1) is 19.1. The van der Waals surface area contributed by atoms with Crippen LogP contribution in [-0.2, 0) is 11.8 Å². The molecule has 144 valence electrons. The van der Waals surface area contributed by atoms with Crippen LogP contribution in [-0.4, -0.2) is 22.0 Å². The Labute approximate surface area is 162 Å². The number of nitrogens with one attached hydrogen (secondary N) is 2. The van der Waals surface area contributed by atoms with E-state index in [0.29, 0.717) is 22.8 Å². The highest BCUT2D eigenvalue weighted by atomic mass is 16.2. The SMILES string of the molecule is Cc1c(N)cccc1-c1cn(C)c(=O)c(Nc2cccc(NC(=O)CN)c2)n1. The highest BCUT2D eigenvalue weighted by molar-refractivity contribution is 5.92. The molecule has 0 radical (unpaired) electrons. The lowest BCUT2D eigenvalue weighted by Gasteiger charge is -2.13. The Hall–Kier alpha value is -3.65. The van der Waals surface area contributed by atoms with Gasteiger partial charge >= 0.3 is 0 Å². The fraction of sp³-hybridized carbons (Fsp3) is 0.150. The van der Waals surface area contributed by atoms with Crippen LogP contribution in [0.2, 0.25) is 0 Å². The third-order valence-electron chi connectivity index (χ3n) is 4.32. The number of amides is 1. The molecule has 2 aromatic carbocycles. The molecule has 0 fully saturated rings. The summed E-state index contributed by atoms with van der Waals surface area (Å²) in [5.74, 6) is -0.130. The van der Waals surface area contributed by atoms with Gasteiger partial charge in [0.1, 0.15) is 0 Å². The molecule has 0 saturated heterocycles. The van der Waals surface area contributed by atoms with Crippen LogP contribution in [0.1, 0.15) is 5.56 Å². The van der Waals surface area contributed by atoms with E-state index in [1.54, 1.807) is 37.5 Å². The van der Waals surface area contributed by atoms with Crippen molar-refractivity contribution < 1.29 is 4.79 Å². The van der Waals surface area contributed by atoms with Crippen molar-refractivity contribution in [3.63, 3.8) is 0 Å². The topological polar surface area (TPSA) is 128 Å². The molecule has 0 unspecified atom stereocenters. The first-order valence-electron chi connectivity index (χ1n) is 8.69. The lowest BCUT2D eigenvalue weighted by Crippen LogP contribution is -2.22. The number of hydrogen-bond acceptors (Lipinski definition) is 6. The van der Waals surface area contributed by atoms with Crippen LogP contribution in [0.25, 0.3) is 11.3 Å². The molecule has 0 aliphatic carbocycles. The Bertz CT molecular complexity index is 1090. The number of carbonyl (C=O) groups excluding carboxylic acids is 1. The number of benzene rings is 2. The molecule has 0 bridgehead atoms. The van der Waals surface area contributed by atoms with E-state index in [1.807, 2.05) is 25.1 Å². The average Bonchev–Trinajstić information content (AvgIpc) is 2.67. The van der Waals surface area contributed by atoms with Gasteiger partial charge in [-0.15, -0.1) is 0 Å². The number of aryl methyl sites for hydroxylation is 1. The van der Waals surface area contributed by atoms with Crippen LogP contribution in [0, 0.1) is 6.92 Å². The summed E-state index contributed by atoms with van der Waals surface area (Å²) in [6.07, 6.45) is 1.67. The number of nitrogen functional groups attached to an aromatic ring is 1. The second-order valence-electron chi connectivity index (χ2n) is 6.37. The van der Waals surface area contributed by atoms with Crippen molar-refractivity contribution >= 4 is 28.8 Å². The minimum absolute atomic E-state index is 0.110. The fourth-order valence-electron chi connectivity index (χ4n) is 2.77. The molecular formula is C20H22N6O2. The Morgan fingerprint density at radius 1 is 1.18 bits per heavy atom. The fourth-order valence-corrected chi connectivity index (χ4v) is 2.77. The molecule has 0 spiro atoms. The van der Waals surface area contributed by atoms with E-state index < -0.39 is 0 Å². The average molecular weight is 378 g/mol. The van der Waals surface area contributed by atoms with Crippen LogP contribution in [0.5, 0.6) is 0 Å². The lowest BCUT2D eigenvalue weighted by molar-refractivity contribution is -0.114. The summed E-state index contributed by atoms with van der Waals surface area (Å²) in [6, 6.07) is 12.5. The van der Waals surface area contributed by atoms with E-state index in [9.17, 15) is 9.59 Å². The summed E-state index contributed by atoms with van der Waals surface area (Å²) >= 11 is 0. The molecule has 3 aromatic rings. The molecule has 6 N–H and O–H groups in total. The molecule has 0 atom stereocenters. The molecular weight excluding hydrogens is 356 g/mol. The highest BCUT2D eigenvalue weighted by Gasteiger charge is 2.12. The van der Waals surface area contributed by atoms with Gasteiger partial charge in [0, 0.05) is 35.9 Å². The maximum absolute atomic E-state index is 12.5. The Morgan fingerprint density at radius 3 is 2.64 bits per heavy atom. The summed E-state index contributed by atoms with van der Waals surface area (Å²) in [6.45, 7) is 1.80. The number of rotatable bonds is 5. The number of nitrogens with two attached hydrogens (primary N) is 2. The van der Waals surface area contributed by atoms with E-state index in [4.69, 9.17) is 11.5 Å². The van der Waals surface area contributed by atoms with Crippen molar-refractivity contribution in [2.24, 2.45) is 12.8 Å². The van der Waals surface area contributed by atoms with Gasteiger partial charge in [-0.1, -0.05) is 18.2 Å². The summed E-state index contributed by atoms with van der Waals surface area (Å²) in [7, 11) is 1.66. The van der Waals surface area contributed by atoms with Crippen LogP contribution in [0.15, 0.2) is 53.5 Å². The molecule has 1 aromatic heterocycles. The van der Waals surface area contributed by atoms with E-state index in [1.165, 1.54) is 4.57 Å². The molecule has 1 heterocycles. The summed E-state index contributed by atoms with van der Waals surface area (Å²) < 4.78 is 1.47. The Kier molecular flexibility index (Phi) is 5.42. The molecule has 28 heavy (non-hydrogen) atoms. The van der Waals surface area contributed by atoms with Gasteiger partial charge in [0.15, 0.2) is 5.82 Å². The van der Waals surface area contributed by atoms with Gasteiger partial charge in [0.2, 0.25) is 5.91 Å². The van der Waals surface area contributed by atoms with Crippen LogP contribution in [0.4, 0.5) is 22.9 Å². The maximum atomic E-state index is 12.5. The predicted octanol–water partition coefficient (Wildman–Crippen LogP) is 1.98. The Morgan fingerprint density at radius 2 is 1.89 bits per heavy atom. The third kappa shape index (κ3) is 4.02. The monoisotopic (exact) mass is 378 g/mol. The minimum Gasteiger partial charge on any atom is -0.398 e. The first-order valence-corrected chi connectivity index (χ1v) is 8.69. The van der Waals surface area contributed by atoms with Crippen LogP contribution >= 0.6 is 0 Å². The largest absolute Gasteiger partial charge is 0.398 e. The summed E-state index contributed by atoms with van der Waals surface area (Å²) in [4.78, 5) is 28.5. The molecule has 0 aliphatic rings. The van der Waals surface area contributed by atoms with E-state index >= 15 is 0 Å². The van der Waals surface area contributed by atoms with Gasteiger partial charge in [0.25, 0.3) is 5.56 Å². The van der Waals surface area contributed by atoms with Crippen molar-refractivity contribution in [2.75, 3.05) is 22.9 Å². The number of carbonyl (C=O) groups is 1. The zero-order valence-corrected chi connectivity index (χ0v) is 15.7. The van der Waals surface area contributed by atoms with Crippen molar-refractivity contribution in [3.8, 4) is 11.3 Å². The molecule has 3 rings (SSSR count). The predicted molar refractivity (Wildman–Crippen MR) is 111 cm³/mol. The maximum Gasteiger partial charge on any atom is 0.293 e. The number of anilines is 4. The second-order valence-corrected chi connectivity index (χ2v) is 6.37. The van der Waals surface area contributed by atoms with E-state index in [-0.39, 0.29) is 23.8 Å². The zero-order valence-electron chi connectivity index (χ0n) is 15.7. The quantitative estimate of drug-likeness (QED) is 0.503. The molecule has 8 heteroatoms. The Balaban J connectivity index is 1.98. The number of aromatic nitrogens is 2. The van der Waals surface area contributed by atoms with Crippen molar-refractivity contribution in [1.29, 1.82) is 0 Å². The van der Waals surface area contributed by atoms with Crippen molar-refractivity contribution in [2.45, 2.75) is 6.92 Å².